The second kappa shape index (κ2) is 5.28. The quantitative estimate of drug-likeness (QED) is 0.770. The lowest BCUT2D eigenvalue weighted by Gasteiger charge is -2.04. The zero-order valence-electron chi connectivity index (χ0n) is 11.0. The molecule has 0 saturated heterocycles. The number of nitrogens with one attached hydrogen (secondary N) is 1. The van der Waals surface area contributed by atoms with Crippen LogP contribution in [-0.4, -0.2) is 16.1 Å². The molecule has 21 heavy (non-hydrogen) atoms. The van der Waals surface area contributed by atoms with Crippen LogP contribution < -0.4 is 4.74 Å². The molecule has 0 aliphatic heterocycles. The van der Waals surface area contributed by atoms with Gasteiger partial charge in [-0.2, -0.15) is 0 Å². The lowest BCUT2D eigenvalue weighted by molar-refractivity contribution is 0.0699. The van der Waals surface area contributed by atoms with E-state index in [-0.39, 0.29) is 18.0 Å². The van der Waals surface area contributed by atoms with Gasteiger partial charge in [0.2, 0.25) is 0 Å². The van der Waals surface area contributed by atoms with E-state index in [4.69, 9.17) is 9.84 Å². The fourth-order valence-corrected chi connectivity index (χ4v) is 2.20. The van der Waals surface area contributed by atoms with Crippen LogP contribution in [0.5, 0.6) is 5.75 Å². The van der Waals surface area contributed by atoms with Crippen LogP contribution in [0.3, 0.4) is 0 Å². The molecule has 0 aliphatic carbocycles. The third-order valence-electron chi connectivity index (χ3n) is 3.14. The first-order chi connectivity index (χ1) is 10.1. The van der Waals surface area contributed by atoms with Crippen molar-refractivity contribution in [3.05, 3.63) is 65.6 Å². The minimum atomic E-state index is -0.975. The van der Waals surface area contributed by atoms with Gasteiger partial charge < -0.3 is 14.8 Å². The van der Waals surface area contributed by atoms with Crippen molar-refractivity contribution in [1.82, 2.24) is 4.98 Å². The molecule has 4 nitrogen and oxygen atoms in total. The summed E-state index contributed by atoms with van der Waals surface area (Å²) in [6.07, 6.45) is 0. The number of halogens is 1. The third-order valence-corrected chi connectivity index (χ3v) is 3.14. The normalized spacial score (nSPS) is 10.7. The molecule has 5 heteroatoms. The number of benzene rings is 2. The summed E-state index contributed by atoms with van der Waals surface area (Å²) in [5, 5.41) is 9.77. The van der Waals surface area contributed by atoms with Crippen molar-refractivity contribution >= 4 is 16.9 Å². The number of rotatable bonds is 4. The Morgan fingerprint density at radius 2 is 2.00 bits per heavy atom. The summed E-state index contributed by atoms with van der Waals surface area (Å²) < 4.78 is 18.5. The molecule has 0 aliphatic rings. The average Bonchev–Trinajstić information content (AvgIpc) is 2.87. The van der Waals surface area contributed by atoms with E-state index in [1.54, 1.807) is 36.4 Å². The van der Waals surface area contributed by atoms with Gasteiger partial charge in [0.25, 0.3) is 0 Å². The van der Waals surface area contributed by atoms with Gasteiger partial charge in [0.15, 0.2) is 0 Å². The van der Waals surface area contributed by atoms with Gasteiger partial charge in [-0.25, -0.2) is 9.18 Å². The van der Waals surface area contributed by atoms with Gasteiger partial charge in [-0.3, -0.25) is 0 Å². The van der Waals surface area contributed by atoms with E-state index in [1.165, 1.54) is 12.1 Å². The molecule has 0 unspecified atom stereocenters. The molecule has 0 amide bonds. The van der Waals surface area contributed by atoms with Gasteiger partial charge in [0.05, 0.1) is 11.3 Å². The van der Waals surface area contributed by atoms with Crippen LogP contribution >= 0.6 is 0 Å². The molecule has 0 bridgehead atoms. The van der Waals surface area contributed by atoms with Crippen LogP contribution in [0, 0.1) is 5.82 Å². The largest absolute Gasteiger partial charge is 0.487 e. The van der Waals surface area contributed by atoms with E-state index in [0.29, 0.717) is 11.1 Å². The van der Waals surface area contributed by atoms with Crippen LogP contribution in [-0.2, 0) is 6.61 Å². The Kier molecular flexibility index (Phi) is 3.31. The molecule has 0 saturated carbocycles. The molecular weight excluding hydrogens is 273 g/mol. The molecule has 1 heterocycles. The van der Waals surface area contributed by atoms with Crippen molar-refractivity contribution in [2.75, 3.05) is 0 Å². The summed E-state index contributed by atoms with van der Waals surface area (Å²) in [5.74, 6) is -0.915. The minimum absolute atomic E-state index is 0.206. The summed E-state index contributed by atoms with van der Waals surface area (Å²) in [6, 6.07) is 12.6. The number of carbonyl (C=O) groups is 1. The Labute approximate surface area is 119 Å². The smallest absolute Gasteiger partial charge is 0.336 e. The monoisotopic (exact) mass is 285 g/mol. The molecule has 1 aromatic heterocycles. The Morgan fingerprint density at radius 3 is 2.76 bits per heavy atom. The van der Waals surface area contributed by atoms with E-state index in [1.807, 2.05) is 0 Å². The van der Waals surface area contributed by atoms with Crippen LogP contribution in [0.4, 0.5) is 4.39 Å². The summed E-state index contributed by atoms with van der Waals surface area (Å²) in [7, 11) is 0. The van der Waals surface area contributed by atoms with Gasteiger partial charge in [-0.05, 0) is 30.3 Å². The second-order valence-electron chi connectivity index (χ2n) is 4.61. The van der Waals surface area contributed by atoms with Crippen LogP contribution in [0.2, 0.25) is 0 Å². The van der Waals surface area contributed by atoms with Gasteiger partial charge in [0, 0.05) is 17.0 Å². The number of carboxylic acids is 1. The summed E-state index contributed by atoms with van der Waals surface area (Å²) >= 11 is 0. The highest BCUT2D eigenvalue weighted by Gasteiger charge is 2.10. The number of fused-ring (bicyclic) bond motifs is 1. The number of aromatic nitrogens is 1. The highest BCUT2D eigenvalue weighted by Crippen LogP contribution is 2.21. The zero-order chi connectivity index (χ0) is 14.8. The van der Waals surface area contributed by atoms with E-state index >= 15 is 0 Å². The first kappa shape index (κ1) is 13.2. The van der Waals surface area contributed by atoms with Crippen molar-refractivity contribution in [3.63, 3.8) is 0 Å². The third kappa shape index (κ3) is 2.72. The molecular formula is C16H12FNO3. The maximum atomic E-state index is 13.0. The molecule has 0 fully saturated rings. The molecule has 0 radical (unpaired) electrons. The Hall–Kier alpha value is -2.82. The molecule has 2 aromatic carbocycles. The highest BCUT2D eigenvalue weighted by molar-refractivity contribution is 6.03. The molecule has 0 spiro atoms. The molecule has 3 aromatic rings. The number of hydrogen-bond acceptors (Lipinski definition) is 2. The van der Waals surface area contributed by atoms with Crippen molar-refractivity contribution in [2.45, 2.75) is 6.61 Å². The van der Waals surface area contributed by atoms with Crippen LogP contribution in [0.1, 0.15) is 16.1 Å². The van der Waals surface area contributed by atoms with Crippen LogP contribution in [0.25, 0.3) is 10.9 Å². The van der Waals surface area contributed by atoms with Gasteiger partial charge in [-0.15, -0.1) is 0 Å². The maximum Gasteiger partial charge on any atom is 0.336 e. The van der Waals surface area contributed by atoms with Crippen molar-refractivity contribution in [2.24, 2.45) is 0 Å². The minimum Gasteiger partial charge on any atom is -0.487 e. The van der Waals surface area contributed by atoms with Gasteiger partial charge >= 0.3 is 5.97 Å². The standard InChI is InChI=1S/C16H12FNO3/c17-10-3-1-4-12(7-10)21-9-11-8-14-13(16(19)20)5-2-6-15(14)18-11/h1-8,18H,9H2,(H,19,20). The molecule has 106 valence electrons. The van der Waals surface area contributed by atoms with Crippen molar-refractivity contribution < 1.29 is 19.0 Å². The molecule has 3 rings (SSSR count). The van der Waals surface area contributed by atoms with Gasteiger partial charge in [-0.1, -0.05) is 12.1 Å². The maximum absolute atomic E-state index is 13.0. The topological polar surface area (TPSA) is 62.3 Å². The SMILES string of the molecule is O=C(O)c1cccc2[nH]c(COc3cccc(F)c3)cc12. The first-order valence-electron chi connectivity index (χ1n) is 6.36. The second-order valence-corrected chi connectivity index (χ2v) is 4.61. The number of carboxylic acid groups (broad SMARTS) is 1. The predicted octanol–water partition coefficient (Wildman–Crippen LogP) is 3.58. The fraction of sp³-hybridized carbons (Fsp3) is 0.0625. The summed E-state index contributed by atoms with van der Waals surface area (Å²) in [5.41, 5.74) is 1.69. The lowest BCUT2D eigenvalue weighted by Crippen LogP contribution is -1.96. The number of hydrogen-bond donors (Lipinski definition) is 2. The highest BCUT2D eigenvalue weighted by atomic mass is 19.1. The van der Waals surface area contributed by atoms with E-state index in [2.05, 4.69) is 4.98 Å². The number of H-pyrrole nitrogens is 1. The first-order valence-corrected chi connectivity index (χ1v) is 6.36. The van der Waals surface area contributed by atoms with E-state index < -0.39 is 5.97 Å². The van der Waals surface area contributed by atoms with E-state index in [0.717, 1.165) is 11.2 Å². The van der Waals surface area contributed by atoms with Crippen molar-refractivity contribution in [3.8, 4) is 5.75 Å². The Morgan fingerprint density at radius 1 is 1.19 bits per heavy atom. The van der Waals surface area contributed by atoms with Crippen LogP contribution in [0.15, 0.2) is 48.5 Å². The summed E-state index contributed by atoms with van der Waals surface area (Å²) in [6.45, 7) is 0.206. The van der Waals surface area contributed by atoms with Gasteiger partial charge in [0.1, 0.15) is 18.2 Å². The lowest BCUT2D eigenvalue weighted by atomic mass is 10.1. The number of aromatic carboxylic acids is 1. The predicted molar refractivity (Wildman–Crippen MR) is 76.0 cm³/mol. The summed E-state index contributed by atoms with van der Waals surface area (Å²) in [4.78, 5) is 14.2. The Bertz CT molecular complexity index is 810. The number of ether oxygens (including phenoxy) is 1. The fourth-order valence-electron chi connectivity index (χ4n) is 2.20. The number of aromatic amines is 1. The Balaban J connectivity index is 1.85. The molecule has 0 atom stereocenters. The average molecular weight is 285 g/mol. The van der Waals surface area contributed by atoms with E-state index in [9.17, 15) is 9.18 Å². The van der Waals surface area contributed by atoms with Crippen molar-refractivity contribution in [1.29, 1.82) is 0 Å². The zero-order valence-corrected chi connectivity index (χ0v) is 11.0. The molecule has 2 N–H and O–H groups in total.